The molecule has 0 atom stereocenters. The Morgan fingerprint density at radius 2 is 1.75 bits per heavy atom. The van der Waals surface area contributed by atoms with Crippen molar-refractivity contribution in [2.45, 2.75) is 6.54 Å². The van der Waals surface area contributed by atoms with Gasteiger partial charge in [0.15, 0.2) is 0 Å². The van der Waals surface area contributed by atoms with Crippen LogP contribution < -0.4 is 5.48 Å². The number of benzene rings is 3. The molecule has 4 nitrogen and oxygen atoms in total. The third kappa shape index (κ3) is 3.52. The number of hydrogen-bond donors (Lipinski definition) is 1. The summed E-state index contributed by atoms with van der Waals surface area (Å²) in [6.07, 6.45) is 1.86. The summed E-state index contributed by atoms with van der Waals surface area (Å²) >= 11 is 13.3. The van der Waals surface area contributed by atoms with Gasteiger partial charge in [0, 0.05) is 35.1 Å². The molecule has 0 saturated carbocycles. The molecule has 1 N–H and O–H groups in total. The van der Waals surface area contributed by atoms with Gasteiger partial charge in [-0.05, 0) is 34.9 Å². The summed E-state index contributed by atoms with van der Waals surface area (Å²) in [7, 11) is 3.53. The maximum absolute atomic E-state index is 6.86. The standard InChI is InChI=1S/C22H19Cl2N3O/c1-27-21-5-3-4-17(20(21)13-25-27)19-11-16(23)10-18(22(19)24)15-8-6-14(7-9-15)12-26-28-2/h3-11,13,26H,12H2,1-2H3. The predicted octanol–water partition coefficient (Wildman–Crippen LogP) is 5.87. The van der Waals surface area contributed by atoms with E-state index in [1.54, 1.807) is 7.11 Å². The van der Waals surface area contributed by atoms with Crippen LogP contribution in [0.2, 0.25) is 10.0 Å². The first-order valence-corrected chi connectivity index (χ1v) is 9.59. The van der Waals surface area contributed by atoms with E-state index >= 15 is 0 Å². The molecule has 0 aliphatic heterocycles. The molecule has 0 aliphatic rings. The van der Waals surface area contributed by atoms with Crippen molar-refractivity contribution in [1.29, 1.82) is 0 Å². The summed E-state index contributed by atoms with van der Waals surface area (Å²) < 4.78 is 1.85. The molecule has 4 aromatic rings. The Balaban J connectivity index is 1.82. The quantitative estimate of drug-likeness (QED) is 0.417. The molecule has 1 aromatic heterocycles. The van der Waals surface area contributed by atoms with E-state index in [1.165, 1.54) is 0 Å². The second-order valence-electron chi connectivity index (χ2n) is 6.54. The van der Waals surface area contributed by atoms with Gasteiger partial charge in [0.25, 0.3) is 0 Å². The van der Waals surface area contributed by atoms with E-state index in [0.717, 1.165) is 38.7 Å². The second kappa shape index (κ2) is 7.94. The maximum atomic E-state index is 6.86. The molecule has 0 unspecified atom stereocenters. The Hall–Kier alpha value is -2.37. The minimum Gasteiger partial charge on any atom is -0.305 e. The molecule has 142 valence electrons. The highest BCUT2D eigenvalue weighted by Gasteiger charge is 2.15. The van der Waals surface area contributed by atoms with Gasteiger partial charge < -0.3 is 4.84 Å². The van der Waals surface area contributed by atoms with Crippen molar-refractivity contribution in [3.63, 3.8) is 0 Å². The van der Waals surface area contributed by atoms with E-state index in [4.69, 9.17) is 28.0 Å². The fourth-order valence-corrected chi connectivity index (χ4v) is 3.90. The van der Waals surface area contributed by atoms with Crippen LogP contribution in [0.1, 0.15) is 5.56 Å². The fraction of sp³-hybridized carbons (Fsp3) is 0.136. The summed E-state index contributed by atoms with van der Waals surface area (Å²) in [6, 6.07) is 18.1. The predicted molar refractivity (Wildman–Crippen MR) is 115 cm³/mol. The normalized spacial score (nSPS) is 11.3. The lowest BCUT2D eigenvalue weighted by Crippen LogP contribution is -2.10. The first-order valence-electron chi connectivity index (χ1n) is 8.84. The summed E-state index contributed by atoms with van der Waals surface area (Å²) in [6.45, 7) is 0.633. The third-order valence-electron chi connectivity index (χ3n) is 4.80. The van der Waals surface area contributed by atoms with Crippen molar-refractivity contribution < 1.29 is 4.84 Å². The molecule has 3 aromatic carbocycles. The van der Waals surface area contributed by atoms with E-state index in [1.807, 2.05) is 72.5 Å². The van der Waals surface area contributed by atoms with Crippen LogP contribution in [0.5, 0.6) is 0 Å². The lowest BCUT2D eigenvalue weighted by Gasteiger charge is -2.13. The zero-order chi connectivity index (χ0) is 19.7. The van der Waals surface area contributed by atoms with Gasteiger partial charge in [-0.2, -0.15) is 10.6 Å². The van der Waals surface area contributed by atoms with Crippen molar-refractivity contribution in [1.82, 2.24) is 15.3 Å². The number of nitrogens with zero attached hydrogens (tertiary/aromatic N) is 2. The number of halogens is 2. The van der Waals surface area contributed by atoms with Gasteiger partial charge in [0.1, 0.15) is 0 Å². The van der Waals surface area contributed by atoms with Gasteiger partial charge >= 0.3 is 0 Å². The van der Waals surface area contributed by atoms with Crippen LogP contribution in [0, 0.1) is 0 Å². The average molecular weight is 412 g/mol. The lowest BCUT2D eigenvalue weighted by molar-refractivity contribution is 0.0867. The summed E-state index contributed by atoms with van der Waals surface area (Å²) in [5.41, 5.74) is 8.82. The smallest absolute Gasteiger partial charge is 0.0685 e. The zero-order valence-corrected chi connectivity index (χ0v) is 17.1. The monoisotopic (exact) mass is 411 g/mol. The lowest BCUT2D eigenvalue weighted by atomic mass is 9.96. The topological polar surface area (TPSA) is 39.1 Å². The van der Waals surface area contributed by atoms with Gasteiger partial charge in [-0.25, -0.2) is 0 Å². The number of aromatic nitrogens is 2. The van der Waals surface area contributed by atoms with E-state index in [2.05, 4.69) is 10.6 Å². The zero-order valence-electron chi connectivity index (χ0n) is 15.5. The number of aryl methyl sites for hydroxylation is 1. The summed E-state index contributed by atoms with van der Waals surface area (Å²) in [5.74, 6) is 0. The van der Waals surface area contributed by atoms with Crippen LogP contribution in [-0.2, 0) is 18.4 Å². The van der Waals surface area contributed by atoms with Crippen LogP contribution in [0.3, 0.4) is 0 Å². The average Bonchev–Trinajstić information content (AvgIpc) is 3.09. The molecule has 28 heavy (non-hydrogen) atoms. The largest absolute Gasteiger partial charge is 0.305 e. The highest BCUT2D eigenvalue weighted by Crippen LogP contribution is 2.41. The van der Waals surface area contributed by atoms with Crippen LogP contribution in [0.15, 0.2) is 60.8 Å². The highest BCUT2D eigenvalue weighted by atomic mass is 35.5. The minimum absolute atomic E-state index is 0.633. The van der Waals surface area contributed by atoms with Crippen molar-refractivity contribution in [2.24, 2.45) is 7.05 Å². The Kier molecular flexibility index (Phi) is 5.38. The van der Waals surface area contributed by atoms with E-state index in [0.29, 0.717) is 16.6 Å². The molecule has 0 spiro atoms. The van der Waals surface area contributed by atoms with E-state index in [-0.39, 0.29) is 0 Å². The van der Waals surface area contributed by atoms with Crippen molar-refractivity contribution in [2.75, 3.05) is 7.11 Å². The van der Waals surface area contributed by atoms with Gasteiger partial charge in [0.2, 0.25) is 0 Å². The Bertz CT molecular complexity index is 1140. The Morgan fingerprint density at radius 1 is 1.00 bits per heavy atom. The third-order valence-corrected chi connectivity index (χ3v) is 5.43. The molecule has 0 radical (unpaired) electrons. The second-order valence-corrected chi connectivity index (χ2v) is 7.36. The maximum Gasteiger partial charge on any atom is 0.0685 e. The Labute approximate surface area is 173 Å². The highest BCUT2D eigenvalue weighted by molar-refractivity contribution is 6.38. The molecular formula is C22H19Cl2N3O. The molecule has 0 saturated heterocycles. The minimum atomic E-state index is 0.633. The van der Waals surface area contributed by atoms with Gasteiger partial charge in [0.05, 0.1) is 23.8 Å². The van der Waals surface area contributed by atoms with Crippen LogP contribution >= 0.6 is 23.2 Å². The van der Waals surface area contributed by atoms with Crippen LogP contribution in [0.25, 0.3) is 33.2 Å². The molecular weight excluding hydrogens is 393 g/mol. The number of hydroxylamine groups is 1. The number of hydrogen-bond acceptors (Lipinski definition) is 3. The molecule has 0 bridgehead atoms. The van der Waals surface area contributed by atoms with E-state index in [9.17, 15) is 0 Å². The number of fused-ring (bicyclic) bond motifs is 1. The number of rotatable bonds is 5. The molecule has 1 heterocycles. The van der Waals surface area contributed by atoms with Crippen LogP contribution in [0.4, 0.5) is 0 Å². The van der Waals surface area contributed by atoms with Crippen molar-refractivity contribution in [3.05, 3.63) is 76.4 Å². The molecule has 0 amide bonds. The molecule has 0 aliphatic carbocycles. The van der Waals surface area contributed by atoms with Crippen molar-refractivity contribution >= 4 is 34.1 Å². The van der Waals surface area contributed by atoms with Gasteiger partial charge in [-0.1, -0.05) is 59.6 Å². The first kappa shape index (κ1) is 19.0. The fourth-order valence-electron chi connectivity index (χ4n) is 3.37. The van der Waals surface area contributed by atoms with Crippen LogP contribution in [-0.4, -0.2) is 16.9 Å². The summed E-state index contributed by atoms with van der Waals surface area (Å²) in [4.78, 5) is 4.90. The number of nitrogens with one attached hydrogen (secondary N) is 1. The first-order chi connectivity index (χ1) is 13.6. The Morgan fingerprint density at radius 3 is 2.50 bits per heavy atom. The SMILES string of the molecule is CONCc1ccc(-c2cc(Cl)cc(-c3cccc4c3cnn4C)c2Cl)cc1. The molecule has 0 fully saturated rings. The van der Waals surface area contributed by atoms with E-state index < -0.39 is 0 Å². The van der Waals surface area contributed by atoms with Crippen molar-refractivity contribution in [3.8, 4) is 22.3 Å². The van der Waals surface area contributed by atoms with Gasteiger partial charge in [-0.15, -0.1) is 0 Å². The summed E-state index contributed by atoms with van der Waals surface area (Å²) in [5, 5.41) is 6.73. The molecule has 4 rings (SSSR count). The van der Waals surface area contributed by atoms with Gasteiger partial charge in [-0.3, -0.25) is 4.68 Å². The molecule has 6 heteroatoms.